The zero-order valence-electron chi connectivity index (χ0n) is 17.2. The number of benzene rings is 2. The molecule has 0 radical (unpaired) electrons. The van der Waals surface area contributed by atoms with E-state index in [9.17, 15) is 0 Å². The summed E-state index contributed by atoms with van der Waals surface area (Å²) in [5.41, 5.74) is 1.03. The summed E-state index contributed by atoms with van der Waals surface area (Å²) in [5.74, 6) is 3.53. The van der Waals surface area contributed by atoms with E-state index in [4.69, 9.17) is 14.2 Å². The molecule has 0 aliphatic carbocycles. The fraction of sp³-hybridized carbons (Fsp3) is 0.391. The van der Waals surface area contributed by atoms with E-state index < -0.39 is 0 Å². The molecule has 2 aromatic carbocycles. The van der Waals surface area contributed by atoms with E-state index in [0.717, 1.165) is 66.2 Å². The van der Waals surface area contributed by atoms with Crippen LogP contribution in [-0.2, 0) is 11.3 Å². The first-order chi connectivity index (χ1) is 14.8. The Bertz CT molecular complexity index is 909. The monoisotopic (exact) mass is 425 g/mol. The van der Waals surface area contributed by atoms with Crippen LogP contribution in [0, 0.1) is 0 Å². The number of hydrogen-bond donors (Lipinski definition) is 0. The van der Waals surface area contributed by atoms with Gasteiger partial charge in [-0.2, -0.15) is 0 Å². The molecule has 0 amide bonds. The van der Waals surface area contributed by atoms with Crippen molar-refractivity contribution >= 4 is 11.8 Å². The molecule has 1 unspecified atom stereocenters. The quantitative estimate of drug-likeness (QED) is 0.347. The van der Waals surface area contributed by atoms with Crippen molar-refractivity contribution in [2.45, 2.75) is 37.1 Å². The molecule has 1 saturated heterocycles. The van der Waals surface area contributed by atoms with E-state index in [2.05, 4.69) is 14.8 Å². The van der Waals surface area contributed by atoms with Gasteiger partial charge in [-0.3, -0.25) is 4.57 Å². The number of para-hydroxylation sites is 1. The Balaban J connectivity index is 1.41. The molecule has 0 spiro atoms. The lowest BCUT2D eigenvalue weighted by Crippen LogP contribution is -2.16. The molecule has 0 N–H and O–H groups in total. The lowest BCUT2D eigenvalue weighted by atomic mass is 10.2. The summed E-state index contributed by atoms with van der Waals surface area (Å²) in [4.78, 5) is 0. The maximum atomic E-state index is 5.88. The average Bonchev–Trinajstić information content (AvgIpc) is 3.45. The van der Waals surface area contributed by atoms with Crippen molar-refractivity contribution < 1.29 is 14.2 Å². The predicted octanol–water partition coefficient (Wildman–Crippen LogP) is 4.69. The number of hydrogen-bond acceptors (Lipinski definition) is 6. The first-order valence-corrected chi connectivity index (χ1v) is 11.3. The number of nitrogens with zero attached hydrogens (tertiary/aromatic N) is 3. The highest BCUT2D eigenvalue weighted by Crippen LogP contribution is 2.28. The second kappa shape index (κ2) is 10.5. The Morgan fingerprint density at radius 2 is 1.90 bits per heavy atom. The molecule has 30 heavy (non-hydrogen) atoms. The first kappa shape index (κ1) is 20.8. The highest BCUT2D eigenvalue weighted by molar-refractivity contribution is 7.99. The van der Waals surface area contributed by atoms with Crippen LogP contribution in [0.5, 0.6) is 11.5 Å². The Morgan fingerprint density at radius 1 is 1.07 bits per heavy atom. The Labute approximate surface area is 181 Å². The number of ether oxygens (including phenoxy) is 3. The second-order valence-electron chi connectivity index (χ2n) is 7.14. The van der Waals surface area contributed by atoms with E-state index in [1.807, 2.05) is 54.6 Å². The molecule has 1 aliphatic rings. The van der Waals surface area contributed by atoms with Gasteiger partial charge in [-0.05, 0) is 55.7 Å². The van der Waals surface area contributed by atoms with Gasteiger partial charge in [0.2, 0.25) is 0 Å². The summed E-state index contributed by atoms with van der Waals surface area (Å²) >= 11 is 1.72. The molecule has 1 atom stereocenters. The van der Waals surface area contributed by atoms with Crippen LogP contribution in [0.1, 0.15) is 19.3 Å². The highest BCUT2D eigenvalue weighted by Gasteiger charge is 2.21. The van der Waals surface area contributed by atoms with Crippen molar-refractivity contribution in [3.05, 3.63) is 54.6 Å². The van der Waals surface area contributed by atoms with E-state index in [1.165, 1.54) is 0 Å². The molecule has 6 nitrogen and oxygen atoms in total. The van der Waals surface area contributed by atoms with Gasteiger partial charge < -0.3 is 14.2 Å². The van der Waals surface area contributed by atoms with Gasteiger partial charge in [0.05, 0.1) is 26.4 Å². The van der Waals surface area contributed by atoms with Gasteiger partial charge in [0.1, 0.15) is 11.5 Å². The average molecular weight is 426 g/mol. The number of rotatable bonds is 10. The van der Waals surface area contributed by atoms with Crippen LogP contribution < -0.4 is 9.47 Å². The van der Waals surface area contributed by atoms with Gasteiger partial charge in [0.25, 0.3) is 0 Å². The standard InChI is InChI=1S/C23H27N3O3S/c1-27-19-12-10-18(11-13-19)22-24-25-23(26(22)17-21-9-5-14-29-21)30-16-6-15-28-20-7-3-2-4-8-20/h2-4,7-8,10-13,21H,5-6,9,14-17H2,1H3. The van der Waals surface area contributed by atoms with Gasteiger partial charge in [-0.25, -0.2) is 0 Å². The van der Waals surface area contributed by atoms with Crippen LogP contribution >= 0.6 is 11.8 Å². The molecule has 2 heterocycles. The summed E-state index contributed by atoms with van der Waals surface area (Å²) in [5, 5.41) is 9.90. The van der Waals surface area contributed by atoms with Crippen LogP contribution in [0.4, 0.5) is 0 Å². The molecule has 1 aliphatic heterocycles. The van der Waals surface area contributed by atoms with E-state index >= 15 is 0 Å². The molecule has 158 valence electrons. The Hall–Kier alpha value is -2.51. The highest BCUT2D eigenvalue weighted by atomic mass is 32.2. The number of aromatic nitrogens is 3. The minimum absolute atomic E-state index is 0.221. The largest absolute Gasteiger partial charge is 0.497 e. The third kappa shape index (κ3) is 5.34. The second-order valence-corrected chi connectivity index (χ2v) is 8.21. The summed E-state index contributed by atoms with van der Waals surface area (Å²) in [6, 6.07) is 17.9. The van der Waals surface area contributed by atoms with Gasteiger partial charge in [0.15, 0.2) is 11.0 Å². The fourth-order valence-corrected chi connectivity index (χ4v) is 4.29. The van der Waals surface area contributed by atoms with Gasteiger partial charge in [-0.15, -0.1) is 10.2 Å². The maximum Gasteiger partial charge on any atom is 0.191 e. The minimum Gasteiger partial charge on any atom is -0.497 e. The molecule has 0 bridgehead atoms. The first-order valence-electron chi connectivity index (χ1n) is 10.3. The minimum atomic E-state index is 0.221. The molecule has 7 heteroatoms. The molecule has 3 aromatic rings. The van der Waals surface area contributed by atoms with E-state index in [1.54, 1.807) is 18.9 Å². The number of methoxy groups -OCH3 is 1. The molecular weight excluding hydrogens is 398 g/mol. The Kier molecular flexibility index (Phi) is 7.26. The maximum absolute atomic E-state index is 5.88. The molecule has 1 fully saturated rings. The zero-order valence-corrected chi connectivity index (χ0v) is 18.0. The summed E-state index contributed by atoms with van der Waals surface area (Å²) in [7, 11) is 1.67. The van der Waals surface area contributed by atoms with Gasteiger partial charge >= 0.3 is 0 Å². The van der Waals surface area contributed by atoms with Crippen LogP contribution in [0.3, 0.4) is 0 Å². The van der Waals surface area contributed by atoms with Crippen molar-refractivity contribution in [1.82, 2.24) is 14.8 Å². The summed E-state index contributed by atoms with van der Waals surface area (Å²) < 4.78 is 19.1. The SMILES string of the molecule is COc1ccc(-c2nnc(SCCCOc3ccccc3)n2CC2CCCO2)cc1. The van der Waals surface area contributed by atoms with E-state index in [0.29, 0.717) is 6.61 Å². The fourth-order valence-electron chi connectivity index (χ4n) is 3.43. The van der Waals surface area contributed by atoms with Crippen molar-refractivity contribution in [2.75, 3.05) is 26.1 Å². The molecule has 4 rings (SSSR count). The third-order valence-corrected chi connectivity index (χ3v) is 6.06. The zero-order chi connectivity index (χ0) is 20.6. The molecule has 1 aromatic heterocycles. The number of thioether (sulfide) groups is 1. The summed E-state index contributed by atoms with van der Waals surface area (Å²) in [6.07, 6.45) is 3.35. The van der Waals surface area contributed by atoms with E-state index in [-0.39, 0.29) is 6.10 Å². The van der Waals surface area contributed by atoms with Crippen molar-refractivity contribution in [3.8, 4) is 22.9 Å². The lowest BCUT2D eigenvalue weighted by Gasteiger charge is -2.15. The predicted molar refractivity (Wildman–Crippen MR) is 118 cm³/mol. The van der Waals surface area contributed by atoms with Crippen molar-refractivity contribution in [3.63, 3.8) is 0 Å². The Morgan fingerprint density at radius 3 is 2.63 bits per heavy atom. The van der Waals surface area contributed by atoms with Crippen molar-refractivity contribution in [2.24, 2.45) is 0 Å². The molecule has 0 saturated carbocycles. The third-order valence-electron chi connectivity index (χ3n) is 5.01. The van der Waals surface area contributed by atoms with Crippen LogP contribution in [0.15, 0.2) is 59.8 Å². The van der Waals surface area contributed by atoms with Gasteiger partial charge in [-0.1, -0.05) is 30.0 Å². The lowest BCUT2D eigenvalue weighted by molar-refractivity contribution is 0.0953. The van der Waals surface area contributed by atoms with Crippen LogP contribution in [0.2, 0.25) is 0 Å². The van der Waals surface area contributed by atoms with Crippen LogP contribution in [0.25, 0.3) is 11.4 Å². The molecular formula is C23H27N3O3S. The topological polar surface area (TPSA) is 58.4 Å². The van der Waals surface area contributed by atoms with Gasteiger partial charge in [0, 0.05) is 17.9 Å². The normalized spacial score (nSPS) is 16.0. The van der Waals surface area contributed by atoms with Crippen LogP contribution in [-0.4, -0.2) is 46.9 Å². The van der Waals surface area contributed by atoms with Crippen molar-refractivity contribution in [1.29, 1.82) is 0 Å². The summed E-state index contributed by atoms with van der Waals surface area (Å²) in [6.45, 7) is 2.30. The smallest absolute Gasteiger partial charge is 0.191 e.